The molecule has 4 aliphatic carbocycles. The molecule has 6 N–H and O–H groups in total. The molecule has 2 atom stereocenters. The number of anilines is 4. The lowest BCUT2D eigenvalue weighted by Crippen LogP contribution is -2.59. The molecule has 9 nitrogen and oxygen atoms in total. The summed E-state index contributed by atoms with van der Waals surface area (Å²) in [5.41, 5.74) is 1.06. The van der Waals surface area contributed by atoms with Crippen molar-refractivity contribution in [2.75, 3.05) is 23.0 Å². The molecule has 2 aromatic rings. The Balaban J connectivity index is 1.44. The molecule has 0 saturated heterocycles. The molecule has 0 amide bonds. The van der Waals surface area contributed by atoms with Gasteiger partial charge < -0.3 is 26.5 Å². The van der Waals surface area contributed by atoms with Crippen LogP contribution < -0.4 is 16.0 Å². The van der Waals surface area contributed by atoms with Gasteiger partial charge in [0.05, 0.1) is 11.2 Å². The molecule has 4 saturated carbocycles. The zero-order valence-electron chi connectivity index (χ0n) is 16.8. The summed E-state index contributed by atoms with van der Waals surface area (Å²) in [6.07, 6.45) is 6.30. The topological polar surface area (TPSA) is 135 Å². The number of nitrogens with zero attached hydrogens (tertiary/aromatic N) is 3. The molecule has 0 aliphatic heterocycles. The van der Waals surface area contributed by atoms with Crippen LogP contribution in [0, 0.1) is 30.1 Å². The minimum Gasteiger partial charge on any atom is -0.390 e. The number of nitrogens with one attached hydrogen (secondary N) is 5. The lowest BCUT2D eigenvalue weighted by Gasteiger charge is -2.58. The summed E-state index contributed by atoms with van der Waals surface area (Å²) in [5, 5.41) is 35.6. The van der Waals surface area contributed by atoms with Crippen LogP contribution in [0.1, 0.15) is 43.4 Å². The number of aryl methyl sites for hydroxylation is 1. The maximum Gasteiger partial charge on any atom is 0.226 e. The van der Waals surface area contributed by atoms with Crippen LogP contribution in [-0.4, -0.2) is 50.2 Å². The van der Waals surface area contributed by atoms with E-state index >= 15 is 0 Å². The number of rotatable bonds is 6. The number of aliphatic hydroxyl groups is 1. The van der Waals surface area contributed by atoms with Crippen molar-refractivity contribution < 1.29 is 5.11 Å². The summed E-state index contributed by atoms with van der Waals surface area (Å²) < 4.78 is 0. The molecule has 154 valence electrons. The monoisotopic (exact) mass is 396 g/mol. The number of H-pyrrole nitrogens is 1. The Morgan fingerprint density at radius 2 is 1.93 bits per heavy atom. The third-order valence-corrected chi connectivity index (χ3v) is 6.82. The van der Waals surface area contributed by atoms with Gasteiger partial charge in [0.15, 0.2) is 5.82 Å². The Bertz CT molecular complexity index is 925. The van der Waals surface area contributed by atoms with E-state index in [-0.39, 0.29) is 6.04 Å². The quantitative estimate of drug-likeness (QED) is 0.413. The van der Waals surface area contributed by atoms with Crippen molar-refractivity contribution in [3.63, 3.8) is 0 Å². The van der Waals surface area contributed by atoms with Gasteiger partial charge in [0.25, 0.3) is 0 Å². The molecule has 2 heterocycles. The van der Waals surface area contributed by atoms with Crippen molar-refractivity contribution in [3.05, 3.63) is 17.3 Å². The van der Waals surface area contributed by atoms with E-state index in [0.29, 0.717) is 46.7 Å². The fourth-order valence-corrected chi connectivity index (χ4v) is 5.93. The minimum atomic E-state index is -0.458. The molecule has 6 rings (SSSR count). The molecular formula is C20H28N8O. The molecule has 2 unspecified atom stereocenters. The molecule has 4 aliphatic rings. The van der Waals surface area contributed by atoms with Gasteiger partial charge in [-0.1, -0.05) is 0 Å². The Hall–Kier alpha value is -2.68. The van der Waals surface area contributed by atoms with Crippen molar-refractivity contribution in [1.82, 2.24) is 20.2 Å². The van der Waals surface area contributed by atoms with Gasteiger partial charge in [0, 0.05) is 31.1 Å². The summed E-state index contributed by atoms with van der Waals surface area (Å²) in [6, 6.07) is 2.17. The van der Waals surface area contributed by atoms with Crippen molar-refractivity contribution in [2.45, 2.75) is 50.7 Å². The lowest BCUT2D eigenvalue weighted by atomic mass is 9.52. The summed E-state index contributed by atoms with van der Waals surface area (Å²) in [7, 11) is 1.79. The van der Waals surface area contributed by atoms with Gasteiger partial charge in [0.2, 0.25) is 5.95 Å². The van der Waals surface area contributed by atoms with Crippen LogP contribution >= 0.6 is 0 Å². The van der Waals surface area contributed by atoms with Crippen LogP contribution in [0.15, 0.2) is 6.07 Å². The van der Waals surface area contributed by atoms with E-state index in [1.807, 2.05) is 13.0 Å². The first-order valence-corrected chi connectivity index (χ1v) is 10.3. The van der Waals surface area contributed by atoms with Gasteiger partial charge in [-0.3, -0.25) is 5.10 Å². The van der Waals surface area contributed by atoms with Gasteiger partial charge >= 0.3 is 0 Å². The molecule has 29 heavy (non-hydrogen) atoms. The highest BCUT2D eigenvalue weighted by Crippen LogP contribution is 2.56. The number of aromatic nitrogens is 4. The summed E-state index contributed by atoms with van der Waals surface area (Å²) >= 11 is 0. The highest BCUT2D eigenvalue weighted by molar-refractivity contribution is 5.92. The first-order chi connectivity index (χ1) is 14.0. The molecule has 2 aromatic heterocycles. The van der Waals surface area contributed by atoms with E-state index in [2.05, 4.69) is 36.1 Å². The second-order valence-corrected chi connectivity index (χ2v) is 8.98. The van der Waals surface area contributed by atoms with E-state index in [1.165, 1.54) is 19.1 Å². The number of hydrogen-bond donors (Lipinski definition) is 6. The third kappa shape index (κ3) is 3.23. The smallest absolute Gasteiger partial charge is 0.226 e. The van der Waals surface area contributed by atoms with Crippen LogP contribution in [0.5, 0.6) is 0 Å². The van der Waals surface area contributed by atoms with Crippen LogP contribution in [0.25, 0.3) is 0 Å². The second-order valence-electron chi connectivity index (χ2n) is 8.98. The van der Waals surface area contributed by atoms with Gasteiger partial charge in [-0.15, -0.1) is 0 Å². The Kier molecular flexibility index (Phi) is 4.23. The zero-order chi connectivity index (χ0) is 20.2. The zero-order valence-corrected chi connectivity index (χ0v) is 16.8. The highest BCUT2D eigenvalue weighted by atomic mass is 16.3. The van der Waals surface area contributed by atoms with E-state index in [9.17, 15) is 5.11 Å². The summed E-state index contributed by atoms with van der Waals surface area (Å²) in [4.78, 5) is 9.31. The van der Waals surface area contributed by atoms with Crippen LogP contribution in [-0.2, 0) is 0 Å². The lowest BCUT2D eigenvalue weighted by molar-refractivity contribution is -0.129. The fraction of sp³-hybridized carbons (Fsp3) is 0.600. The maximum atomic E-state index is 10.8. The second kappa shape index (κ2) is 6.69. The predicted octanol–water partition coefficient (Wildman–Crippen LogP) is 2.64. The molecule has 0 radical (unpaired) electrons. The van der Waals surface area contributed by atoms with Gasteiger partial charge in [-0.05, 0) is 56.8 Å². The summed E-state index contributed by atoms with van der Waals surface area (Å²) in [6.45, 7) is 1.93. The van der Waals surface area contributed by atoms with E-state index in [4.69, 9.17) is 5.41 Å². The Labute approximate surface area is 169 Å². The van der Waals surface area contributed by atoms with Crippen LogP contribution in [0.3, 0.4) is 0 Å². The molecule has 9 heteroatoms. The van der Waals surface area contributed by atoms with Crippen molar-refractivity contribution in [1.29, 1.82) is 5.41 Å². The maximum absolute atomic E-state index is 10.8. The van der Waals surface area contributed by atoms with Gasteiger partial charge in [0.1, 0.15) is 11.6 Å². The average molecular weight is 396 g/mol. The van der Waals surface area contributed by atoms with Crippen LogP contribution in [0.4, 0.5) is 23.4 Å². The predicted molar refractivity (Wildman–Crippen MR) is 112 cm³/mol. The largest absolute Gasteiger partial charge is 0.390 e. The van der Waals surface area contributed by atoms with E-state index < -0.39 is 5.60 Å². The minimum absolute atomic E-state index is 0.280. The van der Waals surface area contributed by atoms with Crippen molar-refractivity contribution in [2.24, 2.45) is 17.8 Å². The summed E-state index contributed by atoms with van der Waals surface area (Å²) in [5.74, 6) is 3.89. The molecule has 4 bridgehead atoms. The normalized spacial score (nSPS) is 32.2. The van der Waals surface area contributed by atoms with Gasteiger partial charge in [-0.2, -0.15) is 15.1 Å². The number of aromatic amines is 1. The van der Waals surface area contributed by atoms with E-state index in [1.54, 1.807) is 7.05 Å². The standard InChI is InChI=1S/C20H28N8O/c1-10-3-15(28-27-10)23-18-14(9-21)17(22-2)25-19(26-18)24-16-12-4-11-5-13(16)8-20(29,6-11)7-12/h3,9,11-13,16,21,29H,4-8H2,1-2H3,(H4,22,23,24,25,26,27,28). The Morgan fingerprint density at radius 3 is 2.52 bits per heavy atom. The first-order valence-electron chi connectivity index (χ1n) is 10.3. The fourth-order valence-electron chi connectivity index (χ4n) is 5.93. The third-order valence-electron chi connectivity index (χ3n) is 6.82. The van der Waals surface area contributed by atoms with E-state index in [0.717, 1.165) is 25.0 Å². The van der Waals surface area contributed by atoms with Crippen LogP contribution in [0.2, 0.25) is 0 Å². The molecule has 4 fully saturated rings. The Morgan fingerprint density at radius 1 is 1.21 bits per heavy atom. The van der Waals surface area contributed by atoms with Gasteiger partial charge in [-0.25, -0.2) is 0 Å². The molecule has 0 spiro atoms. The first kappa shape index (κ1) is 18.4. The highest BCUT2D eigenvalue weighted by Gasteiger charge is 2.54. The van der Waals surface area contributed by atoms with Crippen molar-refractivity contribution in [3.8, 4) is 0 Å². The average Bonchev–Trinajstić information content (AvgIpc) is 3.07. The SMILES string of the molecule is CNc1nc(NC2C3CC4CC2CC(O)(C4)C3)nc(Nc2cc(C)[nH]n2)c1C=N. The van der Waals surface area contributed by atoms with Crippen molar-refractivity contribution >= 4 is 29.6 Å². The molecule has 0 aromatic carbocycles. The number of hydrogen-bond acceptors (Lipinski definition) is 8. The molecular weight excluding hydrogens is 368 g/mol.